The van der Waals surface area contributed by atoms with Crippen LogP contribution in [0.1, 0.15) is 24.8 Å². The first kappa shape index (κ1) is 15.6. The minimum absolute atomic E-state index is 0.689. The van der Waals surface area contributed by atoms with Crippen molar-refractivity contribution in [3.05, 3.63) is 54.2 Å². The van der Waals surface area contributed by atoms with Crippen molar-refractivity contribution >= 4 is 11.5 Å². The average Bonchev–Trinajstić information content (AvgIpc) is 2.97. The first-order valence-electron chi connectivity index (χ1n) is 9.00. The number of rotatable bonds is 4. The third-order valence-electron chi connectivity index (χ3n) is 5.31. The molecular formula is C20H26N4. The first-order valence-corrected chi connectivity index (χ1v) is 9.00. The third-order valence-corrected chi connectivity index (χ3v) is 5.31. The van der Waals surface area contributed by atoms with E-state index in [9.17, 15) is 0 Å². The van der Waals surface area contributed by atoms with Gasteiger partial charge in [0.25, 0.3) is 0 Å². The minimum Gasteiger partial charge on any atom is -0.329 e. The number of anilines is 2. The van der Waals surface area contributed by atoms with Crippen LogP contribution in [-0.2, 0) is 6.54 Å². The third kappa shape index (κ3) is 3.45. The summed E-state index contributed by atoms with van der Waals surface area (Å²) in [4.78, 5) is 9.38. The summed E-state index contributed by atoms with van der Waals surface area (Å²) in [5, 5.41) is 3.75. The molecular weight excluding hydrogens is 296 g/mol. The lowest BCUT2D eigenvalue weighted by atomic mass is 10.1. The molecule has 2 aliphatic rings. The van der Waals surface area contributed by atoms with Crippen molar-refractivity contribution in [2.45, 2.75) is 37.9 Å². The molecule has 3 heterocycles. The largest absolute Gasteiger partial charge is 0.329 e. The summed E-state index contributed by atoms with van der Waals surface area (Å²) in [7, 11) is 2.06. The molecule has 0 amide bonds. The summed E-state index contributed by atoms with van der Waals surface area (Å²) >= 11 is 0. The van der Waals surface area contributed by atoms with Crippen LogP contribution in [0.15, 0.2) is 48.7 Å². The second kappa shape index (κ2) is 6.91. The van der Waals surface area contributed by atoms with E-state index in [1.165, 1.54) is 37.9 Å². The molecule has 0 saturated carbocycles. The highest BCUT2D eigenvalue weighted by atomic mass is 15.2. The highest BCUT2D eigenvalue weighted by Crippen LogP contribution is 2.23. The van der Waals surface area contributed by atoms with E-state index < -0.39 is 0 Å². The fraction of sp³-hybridized carbons (Fsp3) is 0.450. The summed E-state index contributed by atoms with van der Waals surface area (Å²) in [6.07, 6.45) is 6.00. The van der Waals surface area contributed by atoms with Gasteiger partial charge in [0, 0.05) is 50.6 Å². The second-order valence-electron chi connectivity index (χ2n) is 7.08. The molecule has 0 spiro atoms. The van der Waals surface area contributed by atoms with Crippen LogP contribution < -0.4 is 10.2 Å². The molecule has 4 heteroatoms. The van der Waals surface area contributed by atoms with Crippen molar-refractivity contribution in [1.82, 2.24) is 15.2 Å². The normalized spacial score (nSPS) is 23.9. The zero-order valence-electron chi connectivity index (χ0n) is 14.4. The Hall–Kier alpha value is -1.91. The minimum atomic E-state index is 0.689. The highest BCUT2D eigenvalue weighted by Gasteiger charge is 2.29. The molecule has 0 radical (unpaired) electrons. The van der Waals surface area contributed by atoms with Gasteiger partial charge >= 0.3 is 0 Å². The fourth-order valence-corrected chi connectivity index (χ4v) is 3.91. The zero-order chi connectivity index (χ0) is 16.4. The predicted molar refractivity (Wildman–Crippen MR) is 98.6 cm³/mol. The molecule has 2 saturated heterocycles. The van der Waals surface area contributed by atoms with Crippen LogP contribution in [0.25, 0.3) is 0 Å². The van der Waals surface area contributed by atoms with Crippen molar-refractivity contribution in [1.29, 1.82) is 0 Å². The summed E-state index contributed by atoms with van der Waals surface area (Å²) in [6, 6.07) is 16.2. The van der Waals surface area contributed by atoms with E-state index in [4.69, 9.17) is 0 Å². The predicted octanol–water partition coefficient (Wildman–Crippen LogP) is 3.18. The molecule has 2 fully saturated rings. The molecule has 2 unspecified atom stereocenters. The Morgan fingerprint density at radius 3 is 2.71 bits per heavy atom. The number of para-hydroxylation sites is 1. The number of benzene rings is 1. The van der Waals surface area contributed by atoms with E-state index in [-0.39, 0.29) is 0 Å². The smallest absolute Gasteiger partial charge is 0.132 e. The van der Waals surface area contributed by atoms with Crippen LogP contribution in [0.3, 0.4) is 0 Å². The average molecular weight is 322 g/mol. The Morgan fingerprint density at radius 1 is 1.08 bits per heavy atom. The van der Waals surface area contributed by atoms with Crippen molar-refractivity contribution in [2.75, 3.05) is 25.0 Å². The number of likely N-dealkylation sites (tertiary alicyclic amines) is 1. The van der Waals surface area contributed by atoms with E-state index in [1.54, 1.807) is 0 Å². The van der Waals surface area contributed by atoms with Crippen LogP contribution in [0.5, 0.6) is 0 Å². The molecule has 4 rings (SSSR count). The van der Waals surface area contributed by atoms with Gasteiger partial charge in [0.05, 0.1) is 0 Å². The van der Waals surface area contributed by atoms with Gasteiger partial charge in [0.15, 0.2) is 0 Å². The number of aromatic nitrogens is 1. The molecule has 1 N–H and O–H groups in total. The van der Waals surface area contributed by atoms with Gasteiger partial charge in [-0.2, -0.15) is 0 Å². The molecule has 126 valence electrons. The Bertz CT molecular complexity index is 655. The number of nitrogens with one attached hydrogen (secondary N) is 1. The van der Waals surface area contributed by atoms with Gasteiger partial charge in [0.2, 0.25) is 0 Å². The standard InChI is InChI=1S/C20H26N4/c1-23(19-5-3-2-4-6-19)20-10-7-16(13-21-20)14-24-12-11-17-8-9-18(15-24)22-17/h2-7,10,13,17-18,22H,8-9,11-12,14-15H2,1H3. The van der Waals surface area contributed by atoms with Crippen molar-refractivity contribution in [3.8, 4) is 0 Å². The van der Waals surface area contributed by atoms with Gasteiger partial charge < -0.3 is 10.2 Å². The molecule has 1 aromatic heterocycles. The first-order chi connectivity index (χ1) is 11.8. The lowest BCUT2D eigenvalue weighted by Gasteiger charge is -2.24. The summed E-state index contributed by atoms with van der Waals surface area (Å²) < 4.78 is 0. The van der Waals surface area contributed by atoms with E-state index >= 15 is 0 Å². The lowest BCUT2D eigenvalue weighted by molar-refractivity contribution is 0.250. The molecule has 0 aliphatic carbocycles. The Labute approximate surface area is 144 Å². The van der Waals surface area contributed by atoms with E-state index in [2.05, 4.69) is 63.5 Å². The van der Waals surface area contributed by atoms with E-state index in [1.807, 2.05) is 12.3 Å². The van der Waals surface area contributed by atoms with Crippen LogP contribution in [0, 0.1) is 0 Å². The summed E-state index contributed by atoms with van der Waals surface area (Å²) in [5.74, 6) is 0.988. The molecule has 2 aliphatic heterocycles. The highest BCUT2D eigenvalue weighted by molar-refractivity contribution is 5.58. The second-order valence-corrected chi connectivity index (χ2v) is 7.08. The fourth-order valence-electron chi connectivity index (χ4n) is 3.91. The number of pyridine rings is 1. The Morgan fingerprint density at radius 2 is 1.92 bits per heavy atom. The number of fused-ring (bicyclic) bond motifs is 2. The topological polar surface area (TPSA) is 31.4 Å². The van der Waals surface area contributed by atoms with Crippen LogP contribution >= 0.6 is 0 Å². The quantitative estimate of drug-likeness (QED) is 0.937. The summed E-state index contributed by atoms with van der Waals surface area (Å²) in [6.45, 7) is 3.37. The molecule has 2 atom stereocenters. The molecule has 24 heavy (non-hydrogen) atoms. The molecule has 4 nitrogen and oxygen atoms in total. The number of hydrogen-bond acceptors (Lipinski definition) is 4. The van der Waals surface area contributed by atoms with Gasteiger partial charge in [0.1, 0.15) is 5.82 Å². The van der Waals surface area contributed by atoms with Crippen molar-refractivity contribution in [3.63, 3.8) is 0 Å². The van der Waals surface area contributed by atoms with Gasteiger partial charge in [-0.3, -0.25) is 4.90 Å². The van der Waals surface area contributed by atoms with Gasteiger partial charge in [-0.15, -0.1) is 0 Å². The maximum absolute atomic E-state index is 4.68. The summed E-state index contributed by atoms with van der Waals surface area (Å²) in [5.41, 5.74) is 2.46. The molecule has 2 bridgehead atoms. The number of nitrogens with zero attached hydrogens (tertiary/aromatic N) is 3. The number of hydrogen-bond donors (Lipinski definition) is 1. The Kier molecular flexibility index (Phi) is 4.50. The monoisotopic (exact) mass is 322 g/mol. The molecule has 1 aromatic carbocycles. The van der Waals surface area contributed by atoms with E-state index in [0.717, 1.165) is 24.1 Å². The maximum atomic E-state index is 4.68. The van der Waals surface area contributed by atoms with Gasteiger partial charge in [-0.25, -0.2) is 4.98 Å². The van der Waals surface area contributed by atoms with Crippen molar-refractivity contribution in [2.24, 2.45) is 0 Å². The molecule has 2 aromatic rings. The van der Waals surface area contributed by atoms with Gasteiger partial charge in [-0.1, -0.05) is 24.3 Å². The van der Waals surface area contributed by atoms with Crippen LogP contribution in [-0.4, -0.2) is 42.1 Å². The van der Waals surface area contributed by atoms with E-state index in [0.29, 0.717) is 6.04 Å². The van der Waals surface area contributed by atoms with Gasteiger partial charge in [-0.05, 0) is 43.0 Å². The van der Waals surface area contributed by atoms with Crippen molar-refractivity contribution < 1.29 is 0 Å². The van der Waals surface area contributed by atoms with Crippen LogP contribution in [0.4, 0.5) is 11.5 Å². The lowest BCUT2D eigenvalue weighted by Crippen LogP contribution is -2.34. The maximum Gasteiger partial charge on any atom is 0.132 e. The Balaban J connectivity index is 1.40. The van der Waals surface area contributed by atoms with Crippen LogP contribution in [0.2, 0.25) is 0 Å². The SMILES string of the molecule is CN(c1ccccc1)c1ccc(CN2CCC3CCC(C2)N3)cn1. The zero-order valence-corrected chi connectivity index (χ0v) is 14.4.